The molecule has 0 aromatic heterocycles. The molecule has 0 heterocycles. The topological polar surface area (TPSA) is 57.5 Å². The Balaban J connectivity index is 3.79. The molecule has 0 rings (SSSR count). The van der Waals surface area contributed by atoms with Crippen molar-refractivity contribution in [1.29, 1.82) is 0 Å². The number of hydrogen-bond donors (Lipinski definition) is 2. The Hall–Kier alpha value is -0.570. The van der Waals surface area contributed by atoms with E-state index in [0.29, 0.717) is 0 Å². The highest BCUT2D eigenvalue weighted by Gasteiger charge is 2.01. The number of carboxylic acid groups (broad SMARTS) is 1. The molecule has 1 atom stereocenters. The Morgan fingerprint density at radius 3 is 2.33 bits per heavy atom. The lowest BCUT2D eigenvalue weighted by Crippen LogP contribution is -2.13. The molecule has 3 nitrogen and oxygen atoms in total. The van der Waals surface area contributed by atoms with Crippen LogP contribution in [0.3, 0.4) is 0 Å². The maximum Gasteiger partial charge on any atom is 0.332 e. The zero-order chi connectivity index (χ0) is 6.08. The van der Waals surface area contributed by atoms with Crippen molar-refractivity contribution in [3.8, 4) is 0 Å². The van der Waals surface area contributed by atoms with E-state index < -0.39 is 12.0 Å². The molecule has 0 aromatic carbocycles. The van der Waals surface area contributed by atoms with Crippen LogP contribution in [0.25, 0.3) is 0 Å². The molecule has 0 spiro atoms. The van der Waals surface area contributed by atoms with E-state index >= 15 is 0 Å². The van der Waals surface area contributed by atoms with Gasteiger partial charge in [0.1, 0.15) is 6.08 Å². The van der Waals surface area contributed by atoms with Crippen LogP contribution in [0, 0.1) is 0 Å². The Bertz CT molecular complexity index is 82.7. The molecule has 36 valence electrons. The summed E-state index contributed by atoms with van der Waals surface area (Å²) in [6, 6.07) is 0. The Morgan fingerprint density at radius 2 is 2.33 bits per heavy atom. The third-order valence-electron chi connectivity index (χ3n) is 0.310. The lowest BCUT2D eigenvalue weighted by molar-refractivity contribution is -0.145. The van der Waals surface area contributed by atoms with Gasteiger partial charge in [0.05, 0.1) is 1.37 Å². The minimum Gasteiger partial charge on any atom is -0.479 e. The molecule has 0 radical (unpaired) electrons. The average Bonchev–Trinajstić information content (AvgIpc) is 1.31. The summed E-state index contributed by atoms with van der Waals surface area (Å²) in [7, 11) is 0. The number of aliphatic carboxylic acids is 1. The minimum atomic E-state index is -2.33. The predicted octanol–water partition coefficient (Wildman–Crippen LogP) is -0.548. The molecule has 0 aliphatic carbocycles. The Morgan fingerprint density at radius 1 is 2.17 bits per heavy atom. The van der Waals surface area contributed by atoms with Crippen molar-refractivity contribution in [1.82, 2.24) is 0 Å². The highest BCUT2D eigenvalue weighted by atomic mass is 16.4. The second-order valence-electron chi connectivity index (χ2n) is 0.891. The normalized spacial score (nSPS) is 21.3. The quantitative estimate of drug-likeness (QED) is 0.455. The average molecular weight is 91.1 g/mol. The van der Waals surface area contributed by atoms with Gasteiger partial charge in [0.15, 0.2) is 0 Å². The summed E-state index contributed by atoms with van der Waals surface area (Å²) in [5.74, 6) is -1.53. The van der Waals surface area contributed by atoms with Crippen LogP contribution in [0.4, 0.5) is 0 Å². The molecular formula is C3H6O3. The fourth-order valence-electron chi connectivity index (χ4n) is 0. The zero-order valence-corrected chi connectivity index (χ0v) is 3.30. The van der Waals surface area contributed by atoms with E-state index in [1.165, 1.54) is 0 Å². The molecule has 0 saturated carbocycles. The predicted molar refractivity (Wildman–Crippen MR) is 19.3 cm³/mol. The molecule has 3 heteroatoms. The molecule has 2 N–H and O–H groups in total. The monoisotopic (exact) mass is 91.0 g/mol. The first-order valence-electron chi connectivity index (χ1n) is 1.90. The number of hydrogen-bond acceptors (Lipinski definition) is 2. The van der Waals surface area contributed by atoms with Gasteiger partial charge in [0.25, 0.3) is 0 Å². The Kier molecular flexibility index (Phi) is 1.06. The summed E-state index contributed by atoms with van der Waals surface area (Å²) < 4.78 is 6.34. The molecule has 0 fully saturated rings. The van der Waals surface area contributed by atoms with Crippen molar-refractivity contribution in [3.05, 3.63) is 0 Å². The highest BCUT2D eigenvalue weighted by molar-refractivity contribution is 5.71. The fourth-order valence-corrected chi connectivity index (χ4v) is 0. The van der Waals surface area contributed by atoms with E-state index in [0.717, 1.165) is 6.92 Å². The van der Waals surface area contributed by atoms with Gasteiger partial charge < -0.3 is 10.2 Å². The molecule has 0 aromatic rings. The van der Waals surface area contributed by atoms with Crippen LogP contribution in [-0.2, 0) is 4.79 Å². The first kappa shape index (κ1) is 3.61. The van der Waals surface area contributed by atoms with Gasteiger partial charge in [0, 0.05) is 0 Å². The molecule has 0 aliphatic rings. The van der Waals surface area contributed by atoms with Gasteiger partial charge in [-0.15, -0.1) is 0 Å². The second-order valence-corrected chi connectivity index (χ2v) is 0.891. The summed E-state index contributed by atoms with van der Waals surface area (Å²) in [4.78, 5) is 9.58. The molecular weight excluding hydrogens is 84.0 g/mol. The number of aliphatic hydroxyl groups is 1. The van der Waals surface area contributed by atoms with E-state index in [-0.39, 0.29) is 0 Å². The van der Waals surface area contributed by atoms with E-state index in [9.17, 15) is 4.79 Å². The summed E-state index contributed by atoms with van der Waals surface area (Å²) >= 11 is 0. The van der Waals surface area contributed by atoms with E-state index in [1.807, 2.05) is 0 Å². The SMILES string of the molecule is [2H][C@@](C)(O)C(=O)O. The van der Waals surface area contributed by atoms with Crippen molar-refractivity contribution in [3.63, 3.8) is 0 Å². The Labute approximate surface area is 36.6 Å². The first-order chi connectivity index (χ1) is 2.94. The van der Waals surface area contributed by atoms with Gasteiger partial charge in [-0.25, -0.2) is 4.79 Å². The zero-order valence-electron chi connectivity index (χ0n) is 4.30. The molecule has 6 heavy (non-hydrogen) atoms. The van der Waals surface area contributed by atoms with Crippen molar-refractivity contribution in [2.45, 2.75) is 13.0 Å². The lowest BCUT2D eigenvalue weighted by atomic mass is 10.4. The van der Waals surface area contributed by atoms with Crippen LogP contribution in [0.15, 0.2) is 0 Å². The fraction of sp³-hybridized carbons (Fsp3) is 0.667. The van der Waals surface area contributed by atoms with Crippen LogP contribution in [0.1, 0.15) is 8.29 Å². The number of carbonyl (C=O) groups is 1. The van der Waals surface area contributed by atoms with Gasteiger partial charge in [-0.3, -0.25) is 0 Å². The standard InChI is InChI=1S/C3H6O3/c1-2(4)3(5)6/h2,4H,1H3,(H,5,6)/t2-/m0/s1/i2D. The van der Waals surface area contributed by atoms with Gasteiger partial charge >= 0.3 is 5.97 Å². The maximum atomic E-state index is 9.58. The summed E-state index contributed by atoms with van der Waals surface area (Å²) in [6.07, 6.45) is -2.33. The van der Waals surface area contributed by atoms with E-state index in [2.05, 4.69) is 0 Å². The van der Waals surface area contributed by atoms with Crippen molar-refractivity contribution >= 4 is 5.97 Å². The smallest absolute Gasteiger partial charge is 0.332 e. The summed E-state index contributed by atoms with van der Waals surface area (Å²) in [5.41, 5.74) is 0. The van der Waals surface area contributed by atoms with E-state index in [4.69, 9.17) is 11.6 Å². The van der Waals surface area contributed by atoms with E-state index in [1.54, 1.807) is 0 Å². The van der Waals surface area contributed by atoms with Crippen LogP contribution >= 0.6 is 0 Å². The minimum absolute atomic E-state index is 0.884. The molecule has 0 aliphatic heterocycles. The molecule has 0 bridgehead atoms. The highest BCUT2D eigenvalue weighted by Crippen LogP contribution is 1.73. The number of carboxylic acids is 1. The summed E-state index contributed by atoms with van der Waals surface area (Å²) in [5, 5.41) is 16.0. The van der Waals surface area contributed by atoms with Crippen LogP contribution in [-0.4, -0.2) is 22.3 Å². The van der Waals surface area contributed by atoms with Crippen molar-refractivity contribution in [2.24, 2.45) is 0 Å². The second kappa shape index (κ2) is 1.77. The van der Waals surface area contributed by atoms with Gasteiger partial charge in [-0.05, 0) is 6.92 Å². The third kappa shape index (κ3) is 1.72. The maximum absolute atomic E-state index is 9.58. The van der Waals surface area contributed by atoms with Gasteiger partial charge in [-0.1, -0.05) is 0 Å². The number of rotatable bonds is 1. The summed E-state index contributed by atoms with van der Waals surface area (Å²) in [6.45, 7) is 0.884. The van der Waals surface area contributed by atoms with Crippen LogP contribution in [0.5, 0.6) is 0 Å². The molecule has 0 saturated heterocycles. The van der Waals surface area contributed by atoms with Crippen molar-refractivity contribution in [2.75, 3.05) is 0 Å². The van der Waals surface area contributed by atoms with Crippen LogP contribution < -0.4 is 0 Å². The molecule has 0 amide bonds. The van der Waals surface area contributed by atoms with Gasteiger partial charge in [0.2, 0.25) is 0 Å². The van der Waals surface area contributed by atoms with Gasteiger partial charge in [-0.2, -0.15) is 0 Å². The van der Waals surface area contributed by atoms with Crippen LogP contribution in [0.2, 0.25) is 0 Å². The first-order valence-corrected chi connectivity index (χ1v) is 1.40. The third-order valence-corrected chi connectivity index (χ3v) is 0.310. The molecule has 0 unspecified atom stereocenters. The van der Waals surface area contributed by atoms with Crippen molar-refractivity contribution < 1.29 is 16.4 Å². The largest absolute Gasteiger partial charge is 0.479 e. The lowest BCUT2D eigenvalue weighted by Gasteiger charge is -1.89.